The van der Waals surface area contributed by atoms with Gasteiger partial charge in [0.2, 0.25) is 0 Å². The van der Waals surface area contributed by atoms with Crippen LogP contribution in [0.3, 0.4) is 0 Å². The van der Waals surface area contributed by atoms with E-state index in [2.05, 4.69) is 18.9 Å². The van der Waals surface area contributed by atoms with Crippen LogP contribution in [0.4, 0.5) is 0 Å². The van der Waals surface area contributed by atoms with E-state index in [9.17, 15) is 0 Å². The van der Waals surface area contributed by atoms with E-state index in [1.807, 2.05) is 0 Å². The number of hydrogen-bond acceptors (Lipinski definition) is 1. The number of hydrogen-bond donors (Lipinski definition) is 0. The Bertz CT molecular complexity index is 95.0. The second-order valence-electron chi connectivity index (χ2n) is 3.38. The summed E-state index contributed by atoms with van der Waals surface area (Å²) in [4.78, 5) is 2.50. The van der Waals surface area contributed by atoms with Gasteiger partial charge in [0.1, 0.15) is 0 Å². The summed E-state index contributed by atoms with van der Waals surface area (Å²) in [5.74, 6) is 2.07. The van der Waals surface area contributed by atoms with Crippen LogP contribution in [-0.2, 0) is 0 Å². The zero-order valence-corrected chi connectivity index (χ0v) is 5.59. The monoisotopic (exact) mass is 111 g/mol. The van der Waals surface area contributed by atoms with Gasteiger partial charge in [-0.2, -0.15) is 0 Å². The lowest BCUT2D eigenvalue weighted by molar-refractivity contribution is 0.343. The number of likely N-dealkylation sites (tertiary alicyclic amines) is 1. The maximum atomic E-state index is 2.50. The predicted octanol–water partition coefficient (Wildman–Crippen LogP) is 0.956. The second-order valence-corrected chi connectivity index (χ2v) is 3.38. The zero-order valence-electron chi connectivity index (χ0n) is 5.59. The van der Waals surface area contributed by atoms with Gasteiger partial charge in [-0.25, -0.2) is 0 Å². The van der Waals surface area contributed by atoms with Gasteiger partial charge in [-0.05, 0) is 25.3 Å². The first kappa shape index (κ1) is 4.80. The SMILES string of the molecule is C[C@@H]1CN(C)C2CC21. The minimum absolute atomic E-state index is 0.991. The van der Waals surface area contributed by atoms with Gasteiger partial charge in [0.05, 0.1) is 0 Å². The van der Waals surface area contributed by atoms with Crippen LogP contribution in [0.15, 0.2) is 0 Å². The van der Waals surface area contributed by atoms with Crippen molar-refractivity contribution in [1.29, 1.82) is 0 Å². The standard InChI is InChI=1S/C7H13N/c1-5-4-8(2)7-3-6(5)7/h5-7H,3-4H2,1-2H3/t5-,6?,7?/m1/s1. The summed E-state index contributed by atoms with van der Waals surface area (Å²) in [6, 6.07) is 0.991. The molecule has 1 saturated heterocycles. The maximum Gasteiger partial charge on any atom is 0.0127 e. The van der Waals surface area contributed by atoms with Crippen LogP contribution in [0.25, 0.3) is 0 Å². The van der Waals surface area contributed by atoms with E-state index in [-0.39, 0.29) is 0 Å². The fourth-order valence-corrected chi connectivity index (χ4v) is 2.04. The molecule has 1 heterocycles. The molecule has 0 aromatic rings. The largest absolute Gasteiger partial charge is 0.303 e. The average Bonchev–Trinajstić information content (AvgIpc) is 2.35. The smallest absolute Gasteiger partial charge is 0.0127 e. The van der Waals surface area contributed by atoms with Gasteiger partial charge in [0.25, 0.3) is 0 Å². The molecule has 0 bridgehead atoms. The molecule has 1 saturated carbocycles. The topological polar surface area (TPSA) is 3.24 Å². The first-order valence-corrected chi connectivity index (χ1v) is 3.49. The van der Waals surface area contributed by atoms with Gasteiger partial charge >= 0.3 is 0 Å². The molecule has 1 aliphatic heterocycles. The predicted molar refractivity (Wildman–Crippen MR) is 33.7 cm³/mol. The third-order valence-corrected chi connectivity index (χ3v) is 2.68. The van der Waals surface area contributed by atoms with Crippen LogP contribution in [-0.4, -0.2) is 24.5 Å². The van der Waals surface area contributed by atoms with Crippen LogP contribution >= 0.6 is 0 Å². The Morgan fingerprint density at radius 3 is 2.38 bits per heavy atom. The van der Waals surface area contributed by atoms with Crippen LogP contribution < -0.4 is 0 Å². The number of fused-ring (bicyclic) bond motifs is 1. The number of piperidine rings is 1. The van der Waals surface area contributed by atoms with Gasteiger partial charge in [-0.3, -0.25) is 0 Å². The van der Waals surface area contributed by atoms with E-state index >= 15 is 0 Å². The van der Waals surface area contributed by atoms with Gasteiger partial charge in [0.15, 0.2) is 0 Å². The highest BCUT2D eigenvalue weighted by molar-refractivity contribution is 5.02. The summed E-state index contributed by atoms with van der Waals surface area (Å²) < 4.78 is 0. The van der Waals surface area contributed by atoms with Crippen molar-refractivity contribution in [2.45, 2.75) is 19.4 Å². The minimum atomic E-state index is 0.991. The van der Waals surface area contributed by atoms with E-state index in [4.69, 9.17) is 0 Å². The summed E-state index contributed by atoms with van der Waals surface area (Å²) in [7, 11) is 2.24. The van der Waals surface area contributed by atoms with Crippen molar-refractivity contribution >= 4 is 0 Å². The Labute approximate surface area is 50.7 Å². The summed E-state index contributed by atoms with van der Waals surface area (Å²) in [5.41, 5.74) is 0. The first-order chi connectivity index (χ1) is 3.79. The Hall–Kier alpha value is -0.0400. The fraction of sp³-hybridized carbons (Fsp3) is 1.00. The lowest BCUT2D eigenvalue weighted by atomic mass is 10.1. The molecule has 0 radical (unpaired) electrons. The summed E-state index contributed by atoms with van der Waals surface area (Å²) >= 11 is 0. The molecule has 2 rings (SSSR count). The van der Waals surface area contributed by atoms with Crippen LogP contribution in [0.2, 0.25) is 0 Å². The molecule has 2 unspecified atom stereocenters. The molecular weight excluding hydrogens is 98.1 g/mol. The van der Waals surface area contributed by atoms with Gasteiger partial charge in [0, 0.05) is 12.6 Å². The molecule has 0 spiro atoms. The van der Waals surface area contributed by atoms with E-state index in [0.29, 0.717) is 0 Å². The second kappa shape index (κ2) is 1.27. The highest BCUT2D eigenvalue weighted by atomic mass is 15.2. The van der Waals surface area contributed by atoms with Crippen molar-refractivity contribution in [1.82, 2.24) is 4.90 Å². The molecular formula is C7H13N. The molecule has 1 heteroatoms. The fourth-order valence-electron chi connectivity index (χ4n) is 2.04. The minimum Gasteiger partial charge on any atom is -0.303 e. The molecule has 0 N–H and O–H groups in total. The molecule has 8 heavy (non-hydrogen) atoms. The van der Waals surface area contributed by atoms with Crippen molar-refractivity contribution in [2.24, 2.45) is 11.8 Å². The summed E-state index contributed by atoms with van der Waals surface area (Å²) in [6.07, 6.45) is 1.48. The Kier molecular flexibility index (Phi) is 0.762. The van der Waals surface area contributed by atoms with E-state index in [1.165, 1.54) is 13.0 Å². The normalized spacial score (nSPS) is 54.0. The lowest BCUT2D eigenvalue weighted by Gasteiger charge is -2.10. The number of rotatable bonds is 0. The zero-order chi connectivity index (χ0) is 5.72. The third-order valence-electron chi connectivity index (χ3n) is 2.68. The highest BCUT2D eigenvalue weighted by Gasteiger charge is 2.49. The van der Waals surface area contributed by atoms with Crippen molar-refractivity contribution in [3.63, 3.8) is 0 Å². The first-order valence-electron chi connectivity index (χ1n) is 3.49. The molecule has 3 atom stereocenters. The van der Waals surface area contributed by atoms with Gasteiger partial charge < -0.3 is 4.90 Å². The lowest BCUT2D eigenvalue weighted by Crippen LogP contribution is -2.18. The van der Waals surface area contributed by atoms with Crippen molar-refractivity contribution in [3.05, 3.63) is 0 Å². The average molecular weight is 111 g/mol. The molecule has 2 fully saturated rings. The van der Waals surface area contributed by atoms with Crippen LogP contribution in [0.5, 0.6) is 0 Å². The molecule has 1 nitrogen and oxygen atoms in total. The van der Waals surface area contributed by atoms with Crippen LogP contribution in [0, 0.1) is 11.8 Å². The quantitative estimate of drug-likeness (QED) is 0.450. The van der Waals surface area contributed by atoms with Crippen LogP contribution in [0.1, 0.15) is 13.3 Å². The molecule has 0 aromatic carbocycles. The molecule has 0 amide bonds. The van der Waals surface area contributed by atoms with Crippen molar-refractivity contribution < 1.29 is 0 Å². The number of nitrogens with zero attached hydrogens (tertiary/aromatic N) is 1. The molecule has 0 aromatic heterocycles. The van der Waals surface area contributed by atoms with E-state index in [1.54, 1.807) is 0 Å². The molecule has 46 valence electrons. The van der Waals surface area contributed by atoms with Gasteiger partial charge in [-0.15, -0.1) is 0 Å². The highest BCUT2D eigenvalue weighted by Crippen LogP contribution is 2.46. The molecule has 2 aliphatic rings. The maximum absolute atomic E-state index is 2.50. The van der Waals surface area contributed by atoms with Gasteiger partial charge in [-0.1, -0.05) is 6.92 Å². The van der Waals surface area contributed by atoms with E-state index < -0.39 is 0 Å². The molecule has 1 aliphatic carbocycles. The Balaban J connectivity index is 2.09. The third kappa shape index (κ3) is 0.455. The Morgan fingerprint density at radius 2 is 2.25 bits per heavy atom. The summed E-state index contributed by atoms with van der Waals surface area (Å²) in [5, 5.41) is 0. The van der Waals surface area contributed by atoms with E-state index in [0.717, 1.165) is 17.9 Å². The van der Waals surface area contributed by atoms with Crippen molar-refractivity contribution in [2.75, 3.05) is 13.6 Å². The van der Waals surface area contributed by atoms with Crippen molar-refractivity contribution in [3.8, 4) is 0 Å². The summed E-state index contributed by atoms with van der Waals surface area (Å²) in [6.45, 7) is 3.71. The Morgan fingerprint density at radius 1 is 1.50 bits per heavy atom.